The lowest BCUT2D eigenvalue weighted by Gasteiger charge is -2.31. The second kappa shape index (κ2) is 7.21. The molecule has 1 atom stereocenters. The van der Waals surface area contributed by atoms with Gasteiger partial charge in [-0.25, -0.2) is 8.42 Å². The van der Waals surface area contributed by atoms with Crippen LogP contribution in [0.3, 0.4) is 0 Å². The lowest BCUT2D eigenvalue weighted by molar-refractivity contribution is 0.335. The maximum Gasteiger partial charge on any atom is 0.174 e. The van der Waals surface area contributed by atoms with E-state index in [1.54, 1.807) is 11.3 Å². The zero-order chi connectivity index (χ0) is 17.2. The summed E-state index contributed by atoms with van der Waals surface area (Å²) in [6.45, 7) is 2.66. The molecule has 0 radical (unpaired) electrons. The van der Waals surface area contributed by atoms with E-state index in [1.807, 2.05) is 47.5 Å². The Morgan fingerprint density at radius 3 is 2.75 bits per heavy atom. The molecule has 0 saturated carbocycles. The first kappa shape index (κ1) is 17.4. The molecule has 0 unspecified atom stereocenters. The maximum atomic E-state index is 11.9. The first-order valence-corrected chi connectivity index (χ1v) is 10.9. The number of nitrogens with one attached hydrogen (secondary N) is 1. The van der Waals surface area contributed by atoms with E-state index in [0.717, 1.165) is 11.3 Å². The molecule has 2 aromatic rings. The van der Waals surface area contributed by atoms with Crippen molar-refractivity contribution in [2.45, 2.75) is 25.9 Å². The Kier molecular flexibility index (Phi) is 5.22. The Labute approximate surface area is 152 Å². The van der Waals surface area contributed by atoms with E-state index in [0.29, 0.717) is 18.1 Å². The van der Waals surface area contributed by atoms with Crippen LogP contribution < -0.4 is 5.32 Å². The van der Waals surface area contributed by atoms with Gasteiger partial charge in [0.05, 0.1) is 18.1 Å². The first-order valence-electron chi connectivity index (χ1n) is 7.81. The summed E-state index contributed by atoms with van der Waals surface area (Å²) in [7, 11) is -2.96. The number of sulfone groups is 1. The molecule has 24 heavy (non-hydrogen) atoms. The summed E-state index contributed by atoms with van der Waals surface area (Å²) in [5.74, 6) is 0.416. The maximum absolute atomic E-state index is 11.9. The molecule has 0 amide bonds. The van der Waals surface area contributed by atoms with Crippen LogP contribution in [0.5, 0.6) is 0 Å². The van der Waals surface area contributed by atoms with Crippen LogP contribution >= 0.6 is 23.6 Å². The van der Waals surface area contributed by atoms with Gasteiger partial charge >= 0.3 is 0 Å². The van der Waals surface area contributed by atoms with Crippen molar-refractivity contribution in [2.75, 3.05) is 16.8 Å². The van der Waals surface area contributed by atoms with Crippen LogP contribution in [-0.4, -0.2) is 36.0 Å². The summed E-state index contributed by atoms with van der Waals surface area (Å²) in [5.41, 5.74) is 2.06. The van der Waals surface area contributed by atoms with Crippen LogP contribution in [0.1, 0.15) is 16.9 Å². The van der Waals surface area contributed by atoms with E-state index in [-0.39, 0.29) is 17.5 Å². The van der Waals surface area contributed by atoms with E-state index >= 15 is 0 Å². The van der Waals surface area contributed by atoms with Crippen LogP contribution in [0, 0.1) is 6.92 Å². The Hall–Kier alpha value is -1.44. The SMILES string of the molecule is Cc1ccccc1NC(=S)N(Cc1cccs1)[C@H]1CCS(=O)(=O)C1. The molecule has 1 N–H and O–H groups in total. The Balaban J connectivity index is 1.81. The van der Waals surface area contributed by atoms with Crippen molar-refractivity contribution >= 4 is 44.2 Å². The third-order valence-corrected chi connectivity index (χ3v) is 7.15. The number of nitrogens with zero attached hydrogens (tertiary/aromatic N) is 1. The number of hydrogen-bond donors (Lipinski definition) is 1. The highest BCUT2D eigenvalue weighted by Crippen LogP contribution is 2.23. The minimum absolute atomic E-state index is 0.0684. The highest BCUT2D eigenvalue weighted by atomic mass is 32.2. The van der Waals surface area contributed by atoms with Crippen molar-refractivity contribution in [2.24, 2.45) is 0 Å². The van der Waals surface area contributed by atoms with Gasteiger partial charge in [-0.1, -0.05) is 24.3 Å². The topological polar surface area (TPSA) is 49.4 Å². The number of rotatable bonds is 4. The Bertz CT molecular complexity index is 816. The number of anilines is 1. The molecule has 128 valence electrons. The predicted octanol–water partition coefficient (Wildman–Crippen LogP) is 3.44. The highest BCUT2D eigenvalue weighted by molar-refractivity contribution is 7.91. The van der Waals surface area contributed by atoms with Crippen molar-refractivity contribution < 1.29 is 8.42 Å². The number of thiocarbonyl (C=S) groups is 1. The summed E-state index contributed by atoms with van der Waals surface area (Å²) >= 11 is 7.28. The standard InChI is InChI=1S/C17H20N2O2S3/c1-13-5-2-3-7-16(13)18-17(22)19(11-15-6-4-9-23-15)14-8-10-24(20,21)12-14/h2-7,9,14H,8,10-12H2,1H3,(H,18,22)/t14-/m0/s1. The Morgan fingerprint density at radius 2 is 2.12 bits per heavy atom. The Morgan fingerprint density at radius 1 is 1.33 bits per heavy atom. The molecule has 1 aliphatic heterocycles. The van der Waals surface area contributed by atoms with E-state index in [2.05, 4.69) is 11.4 Å². The van der Waals surface area contributed by atoms with Gasteiger partial charge in [0.2, 0.25) is 0 Å². The zero-order valence-electron chi connectivity index (χ0n) is 13.4. The molecule has 7 heteroatoms. The third-order valence-electron chi connectivity index (χ3n) is 4.20. The van der Waals surface area contributed by atoms with E-state index < -0.39 is 9.84 Å². The number of para-hydroxylation sites is 1. The van der Waals surface area contributed by atoms with Gasteiger partial charge in [0, 0.05) is 16.6 Å². The first-order chi connectivity index (χ1) is 11.4. The second-order valence-electron chi connectivity index (χ2n) is 6.01. The molecule has 3 rings (SSSR count). The predicted molar refractivity (Wildman–Crippen MR) is 104 cm³/mol. The fourth-order valence-corrected chi connectivity index (χ4v) is 5.62. The van der Waals surface area contributed by atoms with Gasteiger partial charge in [-0.05, 0) is 48.6 Å². The van der Waals surface area contributed by atoms with Gasteiger partial charge in [0.15, 0.2) is 14.9 Å². The zero-order valence-corrected chi connectivity index (χ0v) is 15.9. The molecule has 2 heterocycles. The van der Waals surface area contributed by atoms with E-state index in [9.17, 15) is 8.42 Å². The molecule has 1 aliphatic rings. The molecule has 0 spiro atoms. The summed E-state index contributed by atoms with van der Waals surface area (Å²) in [6.07, 6.45) is 0.628. The van der Waals surface area contributed by atoms with E-state index in [4.69, 9.17) is 12.2 Å². The largest absolute Gasteiger partial charge is 0.340 e. The van der Waals surface area contributed by atoms with Crippen molar-refractivity contribution in [3.63, 3.8) is 0 Å². The molecule has 1 saturated heterocycles. The number of thiophene rings is 1. The van der Waals surface area contributed by atoms with Crippen LogP contribution in [0.15, 0.2) is 41.8 Å². The van der Waals surface area contributed by atoms with Crippen LogP contribution in [0.2, 0.25) is 0 Å². The molecule has 1 aromatic heterocycles. The highest BCUT2D eigenvalue weighted by Gasteiger charge is 2.33. The normalized spacial score (nSPS) is 19.1. The smallest absolute Gasteiger partial charge is 0.174 e. The van der Waals surface area contributed by atoms with Crippen molar-refractivity contribution in [1.29, 1.82) is 0 Å². The quantitative estimate of drug-likeness (QED) is 0.824. The summed E-state index contributed by atoms with van der Waals surface area (Å²) in [5, 5.41) is 5.90. The molecule has 4 nitrogen and oxygen atoms in total. The fourth-order valence-electron chi connectivity index (χ4n) is 2.86. The monoisotopic (exact) mass is 380 g/mol. The van der Waals surface area contributed by atoms with Gasteiger partial charge in [-0.2, -0.15) is 0 Å². The third kappa shape index (κ3) is 4.15. The molecule has 0 bridgehead atoms. The van der Waals surface area contributed by atoms with E-state index in [1.165, 1.54) is 4.88 Å². The fraction of sp³-hybridized carbons (Fsp3) is 0.353. The van der Waals surface area contributed by atoms with Gasteiger partial charge in [-0.15, -0.1) is 11.3 Å². The summed E-state index contributed by atoms with van der Waals surface area (Å²) < 4.78 is 23.8. The van der Waals surface area contributed by atoms with Crippen LogP contribution in [-0.2, 0) is 16.4 Å². The number of benzene rings is 1. The molecular formula is C17H20N2O2S3. The minimum atomic E-state index is -2.96. The lowest BCUT2D eigenvalue weighted by atomic mass is 10.2. The van der Waals surface area contributed by atoms with Crippen LogP contribution in [0.4, 0.5) is 5.69 Å². The summed E-state index contributed by atoms with van der Waals surface area (Å²) in [6, 6.07) is 11.9. The van der Waals surface area contributed by atoms with Crippen LogP contribution in [0.25, 0.3) is 0 Å². The second-order valence-corrected chi connectivity index (χ2v) is 9.66. The van der Waals surface area contributed by atoms with Gasteiger partial charge in [0.25, 0.3) is 0 Å². The van der Waals surface area contributed by atoms with Gasteiger partial charge in [-0.3, -0.25) is 0 Å². The number of aryl methyl sites for hydroxylation is 1. The molecular weight excluding hydrogens is 360 g/mol. The molecule has 1 fully saturated rings. The average molecular weight is 381 g/mol. The number of hydrogen-bond acceptors (Lipinski definition) is 4. The summed E-state index contributed by atoms with van der Waals surface area (Å²) in [4.78, 5) is 3.20. The van der Waals surface area contributed by atoms with Gasteiger partial charge in [0.1, 0.15) is 0 Å². The van der Waals surface area contributed by atoms with Gasteiger partial charge < -0.3 is 10.2 Å². The average Bonchev–Trinajstić information content (AvgIpc) is 3.16. The molecule has 0 aliphatic carbocycles. The van der Waals surface area contributed by atoms with Crippen molar-refractivity contribution in [1.82, 2.24) is 4.90 Å². The lowest BCUT2D eigenvalue weighted by Crippen LogP contribution is -2.42. The van der Waals surface area contributed by atoms with Crippen molar-refractivity contribution in [3.8, 4) is 0 Å². The molecule has 1 aromatic carbocycles. The van der Waals surface area contributed by atoms with Crippen molar-refractivity contribution in [3.05, 3.63) is 52.2 Å². The minimum Gasteiger partial charge on any atom is -0.340 e.